The van der Waals surface area contributed by atoms with Crippen LogP contribution < -0.4 is 5.73 Å². The van der Waals surface area contributed by atoms with Crippen LogP contribution in [-0.4, -0.2) is 6.18 Å². The topological polar surface area (TPSA) is 26.0 Å². The zero-order valence-corrected chi connectivity index (χ0v) is 8.85. The van der Waals surface area contributed by atoms with Crippen LogP contribution in [0.15, 0.2) is 24.3 Å². The summed E-state index contributed by atoms with van der Waals surface area (Å²) in [7, 11) is 0. The van der Waals surface area contributed by atoms with E-state index in [1.54, 1.807) is 0 Å². The third kappa shape index (κ3) is 2.21. The molecule has 0 aliphatic heterocycles. The maximum Gasteiger partial charge on any atom is 0.389 e. The van der Waals surface area contributed by atoms with E-state index in [0.29, 0.717) is 6.42 Å². The van der Waals surface area contributed by atoms with Crippen molar-refractivity contribution < 1.29 is 13.2 Å². The van der Waals surface area contributed by atoms with Gasteiger partial charge in [0.2, 0.25) is 0 Å². The Balaban J connectivity index is 2.16. The number of halogens is 3. The van der Waals surface area contributed by atoms with Crippen molar-refractivity contribution in [3.8, 4) is 0 Å². The molecule has 1 aromatic carbocycles. The molecule has 1 nitrogen and oxygen atoms in total. The van der Waals surface area contributed by atoms with Gasteiger partial charge in [-0.1, -0.05) is 24.3 Å². The molecule has 1 aliphatic rings. The Morgan fingerprint density at radius 3 is 2.62 bits per heavy atom. The van der Waals surface area contributed by atoms with Gasteiger partial charge in [-0.25, -0.2) is 0 Å². The lowest BCUT2D eigenvalue weighted by atomic mass is 9.88. The van der Waals surface area contributed by atoms with Gasteiger partial charge in [0.1, 0.15) is 0 Å². The fraction of sp³-hybridized carbons (Fsp3) is 0.500. The van der Waals surface area contributed by atoms with Gasteiger partial charge >= 0.3 is 6.18 Å². The zero-order valence-electron chi connectivity index (χ0n) is 8.85. The molecule has 0 fully saturated rings. The van der Waals surface area contributed by atoms with Crippen LogP contribution >= 0.6 is 0 Å². The molecule has 0 aromatic heterocycles. The van der Waals surface area contributed by atoms with Crippen LogP contribution in [0, 0.1) is 0 Å². The fourth-order valence-electron chi connectivity index (χ4n) is 2.34. The summed E-state index contributed by atoms with van der Waals surface area (Å²) in [5.41, 5.74) is 7.27. The number of aryl methyl sites for hydroxylation is 1. The second-order valence-electron chi connectivity index (χ2n) is 4.43. The molecule has 2 N–H and O–H groups in total. The summed E-state index contributed by atoms with van der Waals surface area (Å²) in [6.45, 7) is 0. The van der Waals surface area contributed by atoms with Crippen molar-refractivity contribution in [1.29, 1.82) is 0 Å². The Labute approximate surface area is 92.5 Å². The minimum Gasteiger partial charge on any atom is -0.321 e. The molecule has 0 spiro atoms. The maximum atomic E-state index is 12.2. The predicted octanol–water partition coefficient (Wildman–Crippen LogP) is 3.13. The van der Waals surface area contributed by atoms with Gasteiger partial charge in [-0.15, -0.1) is 0 Å². The van der Waals surface area contributed by atoms with Crippen LogP contribution in [0.1, 0.15) is 30.4 Å². The monoisotopic (exact) mass is 229 g/mol. The van der Waals surface area contributed by atoms with Gasteiger partial charge < -0.3 is 5.73 Å². The van der Waals surface area contributed by atoms with E-state index in [4.69, 9.17) is 5.73 Å². The van der Waals surface area contributed by atoms with Crippen molar-refractivity contribution >= 4 is 0 Å². The Bertz CT molecular complexity index is 386. The Hall–Kier alpha value is -1.03. The molecular formula is C12H14F3N. The molecule has 0 heterocycles. The third-order valence-corrected chi connectivity index (χ3v) is 3.25. The van der Waals surface area contributed by atoms with Crippen LogP contribution in [0.25, 0.3) is 0 Å². The molecule has 16 heavy (non-hydrogen) atoms. The molecule has 0 radical (unpaired) electrons. The number of hydrogen-bond donors (Lipinski definition) is 1. The van der Waals surface area contributed by atoms with E-state index in [1.165, 1.54) is 0 Å². The van der Waals surface area contributed by atoms with Gasteiger partial charge in [-0.2, -0.15) is 13.2 Å². The van der Waals surface area contributed by atoms with Crippen LogP contribution in [0.2, 0.25) is 0 Å². The summed E-state index contributed by atoms with van der Waals surface area (Å²) in [5, 5.41) is 0. The lowest BCUT2D eigenvalue weighted by Gasteiger charge is -2.26. The first kappa shape index (κ1) is 11.5. The molecule has 4 heteroatoms. The molecule has 1 atom stereocenters. The van der Waals surface area contributed by atoms with Gasteiger partial charge in [0.05, 0.1) is 0 Å². The van der Waals surface area contributed by atoms with Crippen LogP contribution in [0.4, 0.5) is 13.2 Å². The van der Waals surface area contributed by atoms with Crippen molar-refractivity contribution in [2.24, 2.45) is 5.73 Å². The van der Waals surface area contributed by atoms with E-state index in [2.05, 4.69) is 0 Å². The lowest BCUT2D eigenvalue weighted by Crippen LogP contribution is -2.35. The highest BCUT2D eigenvalue weighted by molar-refractivity contribution is 5.38. The second-order valence-corrected chi connectivity index (χ2v) is 4.43. The van der Waals surface area contributed by atoms with E-state index in [9.17, 15) is 13.2 Å². The van der Waals surface area contributed by atoms with Crippen LogP contribution in [0.3, 0.4) is 0 Å². The summed E-state index contributed by atoms with van der Waals surface area (Å²) >= 11 is 0. The molecule has 0 saturated carbocycles. The smallest absolute Gasteiger partial charge is 0.321 e. The minimum atomic E-state index is -4.12. The Morgan fingerprint density at radius 1 is 1.25 bits per heavy atom. The zero-order chi connectivity index (χ0) is 11.8. The van der Waals surface area contributed by atoms with Gasteiger partial charge in [-0.05, 0) is 30.4 Å². The first-order chi connectivity index (χ1) is 7.41. The summed E-state index contributed by atoms with van der Waals surface area (Å²) in [6, 6.07) is 7.52. The quantitative estimate of drug-likeness (QED) is 0.828. The van der Waals surface area contributed by atoms with Gasteiger partial charge in [0.25, 0.3) is 0 Å². The third-order valence-electron chi connectivity index (χ3n) is 3.25. The standard InChI is InChI=1S/C12H14F3N/c13-12(14,15)8-7-11(16)6-5-9-3-1-2-4-10(9)11/h1-4H,5-8,16H2. The number of alkyl halides is 3. The summed E-state index contributed by atoms with van der Waals surface area (Å²) < 4.78 is 36.6. The molecule has 0 amide bonds. The van der Waals surface area contributed by atoms with Crippen molar-refractivity contribution in [3.05, 3.63) is 35.4 Å². The fourth-order valence-corrected chi connectivity index (χ4v) is 2.34. The van der Waals surface area contributed by atoms with E-state index in [-0.39, 0.29) is 6.42 Å². The maximum absolute atomic E-state index is 12.2. The van der Waals surface area contributed by atoms with E-state index in [0.717, 1.165) is 17.5 Å². The first-order valence-electron chi connectivity index (χ1n) is 5.35. The molecule has 0 saturated heterocycles. The average Bonchev–Trinajstić information content (AvgIpc) is 2.55. The minimum absolute atomic E-state index is 0.0203. The number of benzene rings is 1. The molecule has 1 unspecified atom stereocenters. The number of hydrogen-bond acceptors (Lipinski definition) is 1. The van der Waals surface area contributed by atoms with E-state index in [1.807, 2.05) is 24.3 Å². The highest BCUT2D eigenvalue weighted by Crippen LogP contribution is 2.40. The molecular weight excluding hydrogens is 215 g/mol. The van der Waals surface area contributed by atoms with Crippen molar-refractivity contribution in [2.45, 2.75) is 37.4 Å². The normalized spacial score (nSPS) is 24.5. The van der Waals surface area contributed by atoms with E-state index >= 15 is 0 Å². The van der Waals surface area contributed by atoms with Gasteiger partial charge in [0.15, 0.2) is 0 Å². The van der Waals surface area contributed by atoms with Crippen molar-refractivity contribution in [1.82, 2.24) is 0 Å². The number of rotatable bonds is 2. The van der Waals surface area contributed by atoms with Gasteiger partial charge in [0, 0.05) is 12.0 Å². The van der Waals surface area contributed by atoms with E-state index < -0.39 is 18.1 Å². The molecule has 1 aliphatic carbocycles. The highest BCUT2D eigenvalue weighted by Gasteiger charge is 2.38. The number of nitrogens with two attached hydrogens (primary N) is 1. The summed E-state index contributed by atoms with van der Waals surface area (Å²) in [5.74, 6) is 0. The predicted molar refractivity (Wildman–Crippen MR) is 55.9 cm³/mol. The Kier molecular flexibility index (Phi) is 2.70. The van der Waals surface area contributed by atoms with Crippen molar-refractivity contribution in [2.75, 3.05) is 0 Å². The highest BCUT2D eigenvalue weighted by atomic mass is 19.4. The molecule has 1 aromatic rings. The van der Waals surface area contributed by atoms with Crippen LogP contribution in [0.5, 0.6) is 0 Å². The molecule has 0 bridgehead atoms. The second kappa shape index (κ2) is 3.77. The lowest BCUT2D eigenvalue weighted by molar-refractivity contribution is -0.138. The molecule has 2 rings (SSSR count). The SMILES string of the molecule is NC1(CCC(F)(F)F)CCc2ccccc21. The van der Waals surface area contributed by atoms with Gasteiger partial charge in [-0.3, -0.25) is 0 Å². The van der Waals surface area contributed by atoms with Crippen molar-refractivity contribution in [3.63, 3.8) is 0 Å². The average molecular weight is 229 g/mol. The Morgan fingerprint density at radius 2 is 1.94 bits per heavy atom. The first-order valence-corrected chi connectivity index (χ1v) is 5.35. The number of fused-ring (bicyclic) bond motifs is 1. The summed E-state index contributed by atoms with van der Waals surface area (Å²) in [4.78, 5) is 0. The largest absolute Gasteiger partial charge is 0.389 e. The molecule has 88 valence electrons. The van der Waals surface area contributed by atoms with Crippen LogP contribution in [-0.2, 0) is 12.0 Å². The summed E-state index contributed by atoms with van der Waals surface area (Å²) in [6.07, 6.45) is -3.55.